The van der Waals surface area contributed by atoms with Gasteiger partial charge in [0, 0.05) is 21.5 Å². The number of hydrogen-bond donors (Lipinski definition) is 1. The van der Waals surface area contributed by atoms with Crippen molar-refractivity contribution < 1.29 is 4.74 Å². The molecule has 0 atom stereocenters. The highest BCUT2D eigenvalue weighted by molar-refractivity contribution is 6.31. The summed E-state index contributed by atoms with van der Waals surface area (Å²) in [5.74, 6) is 0.666. The number of aromatic amines is 1. The zero-order valence-electron chi connectivity index (χ0n) is 10.8. The van der Waals surface area contributed by atoms with Crippen molar-refractivity contribution in [2.45, 2.75) is 0 Å². The minimum Gasteiger partial charge on any atom is -0.496 e. The van der Waals surface area contributed by atoms with Crippen LogP contribution in [0.2, 0.25) is 5.02 Å². The van der Waals surface area contributed by atoms with Gasteiger partial charge >= 0.3 is 0 Å². The van der Waals surface area contributed by atoms with Gasteiger partial charge in [-0.05, 0) is 30.3 Å². The van der Waals surface area contributed by atoms with E-state index in [-0.39, 0.29) is 5.56 Å². The number of aromatic nitrogens is 1. The highest BCUT2D eigenvalue weighted by Gasteiger charge is 2.10. The first kappa shape index (κ1) is 12.8. The van der Waals surface area contributed by atoms with E-state index in [4.69, 9.17) is 16.3 Å². The van der Waals surface area contributed by atoms with E-state index < -0.39 is 0 Å². The summed E-state index contributed by atoms with van der Waals surface area (Å²) in [5.41, 5.74) is 1.94. The molecule has 0 radical (unpaired) electrons. The van der Waals surface area contributed by atoms with E-state index in [0.29, 0.717) is 16.3 Å². The molecule has 0 saturated heterocycles. The van der Waals surface area contributed by atoms with Crippen LogP contribution in [0.15, 0.2) is 53.3 Å². The summed E-state index contributed by atoms with van der Waals surface area (Å²) in [6, 6.07) is 14.6. The third-order valence-electron chi connectivity index (χ3n) is 3.20. The number of fused-ring (bicyclic) bond motifs is 1. The molecule has 1 N–H and O–H groups in total. The van der Waals surface area contributed by atoms with Crippen LogP contribution >= 0.6 is 11.6 Å². The van der Waals surface area contributed by atoms with Crippen LogP contribution in [0.3, 0.4) is 0 Å². The summed E-state index contributed by atoms with van der Waals surface area (Å²) in [7, 11) is 1.59. The average Bonchev–Trinajstić information content (AvgIpc) is 2.47. The van der Waals surface area contributed by atoms with Crippen LogP contribution in [0.5, 0.6) is 5.75 Å². The molecule has 1 aromatic heterocycles. The molecule has 0 unspecified atom stereocenters. The van der Waals surface area contributed by atoms with E-state index >= 15 is 0 Å². The van der Waals surface area contributed by atoms with E-state index in [2.05, 4.69) is 4.98 Å². The highest BCUT2D eigenvalue weighted by atomic mass is 35.5. The molecule has 0 bridgehead atoms. The number of nitrogens with one attached hydrogen (secondary N) is 1. The fraction of sp³-hybridized carbons (Fsp3) is 0.0625. The quantitative estimate of drug-likeness (QED) is 0.777. The van der Waals surface area contributed by atoms with E-state index in [1.807, 2.05) is 36.4 Å². The minimum absolute atomic E-state index is 0.149. The van der Waals surface area contributed by atoms with Crippen molar-refractivity contribution in [1.82, 2.24) is 4.98 Å². The van der Waals surface area contributed by atoms with Gasteiger partial charge in [0.25, 0.3) is 5.56 Å². The molecule has 3 rings (SSSR count). The number of H-pyrrole nitrogens is 1. The van der Waals surface area contributed by atoms with Gasteiger partial charge in [-0.15, -0.1) is 0 Å². The fourth-order valence-electron chi connectivity index (χ4n) is 2.24. The molecule has 0 amide bonds. The molecule has 3 nitrogen and oxygen atoms in total. The van der Waals surface area contributed by atoms with Gasteiger partial charge in [0.2, 0.25) is 0 Å². The number of ether oxygens (including phenoxy) is 1. The third-order valence-corrected chi connectivity index (χ3v) is 3.44. The third kappa shape index (κ3) is 2.17. The zero-order chi connectivity index (χ0) is 14.1. The molecule has 4 heteroatoms. The smallest absolute Gasteiger partial charge is 0.256 e. The number of para-hydroxylation sites is 1. The maximum Gasteiger partial charge on any atom is 0.256 e. The SMILES string of the molecule is COc1ccccc1-c1cc2cc(Cl)ccc2[nH]c1=O. The summed E-state index contributed by atoms with van der Waals surface area (Å²) in [6.45, 7) is 0. The molecule has 0 aliphatic heterocycles. The first-order chi connectivity index (χ1) is 9.69. The number of hydrogen-bond acceptors (Lipinski definition) is 2. The van der Waals surface area contributed by atoms with Crippen molar-refractivity contribution in [2.24, 2.45) is 0 Å². The van der Waals surface area contributed by atoms with Crippen molar-refractivity contribution in [3.05, 3.63) is 63.9 Å². The Labute approximate surface area is 120 Å². The molecular weight excluding hydrogens is 274 g/mol. The lowest BCUT2D eigenvalue weighted by molar-refractivity contribution is 0.416. The summed E-state index contributed by atoms with van der Waals surface area (Å²) in [4.78, 5) is 15.1. The monoisotopic (exact) mass is 285 g/mol. The Bertz CT molecular complexity index is 839. The van der Waals surface area contributed by atoms with E-state index in [1.54, 1.807) is 19.2 Å². The molecule has 20 heavy (non-hydrogen) atoms. The van der Waals surface area contributed by atoms with Gasteiger partial charge in [0.1, 0.15) is 5.75 Å². The van der Waals surface area contributed by atoms with Crippen molar-refractivity contribution in [2.75, 3.05) is 7.11 Å². The number of halogens is 1. The summed E-state index contributed by atoms with van der Waals surface area (Å²) < 4.78 is 5.31. The Hall–Kier alpha value is -2.26. The molecule has 0 aliphatic rings. The summed E-state index contributed by atoms with van der Waals surface area (Å²) >= 11 is 6.00. The Morgan fingerprint density at radius 3 is 2.65 bits per heavy atom. The van der Waals surface area contributed by atoms with Gasteiger partial charge in [0.15, 0.2) is 0 Å². The number of methoxy groups -OCH3 is 1. The van der Waals surface area contributed by atoms with Crippen LogP contribution in [-0.4, -0.2) is 12.1 Å². The number of benzene rings is 2. The standard InChI is InChI=1S/C16H12ClNO2/c1-20-15-5-3-2-4-12(15)13-9-10-8-11(17)6-7-14(10)18-16(13)19/h2-9H,1H3,(H,18,19). The predicted octanol–water partition coefficient (Wildman–Crippen LogP) is 3.86. The first-order valence-electron chi connectivity index (χ1n) is 6.15. The van der Waals surface area contributed by atoms with Crippen LogP contribution < -0.4 is 10.3 Å². The second kappa shape index (κ2) is 5.02. The van der Waals surface area contributed by atoms with E-state index in [9.17, 15) is 4.79 Å². The van der Waals surface area contributed by atoms with Crippen LogP contribution in [0.4, 0.5) is 0 Å². The molecule has 1 heterocycles. The first-order valence-corrected chi connectivity index (χ1v) is 6.53. The second-order valence-corrected chi connectivity index (χ2v) is 4.88. The Morgan fingerprint density at radius 1 is 1.05 bits per heavy atom. The van der Waals surface area contributed by atoms with Crippen molar-refractivity contribution in [3.63, 3.8) is 0 Å². The van der Waals surface area contributed by atoms with Gasteiger partial charge in [-0.3, -0.25) is 4.79 Å². The average molecular weight is 286 g/mol. The van der Waals surface area contributed by atoms with Crippen molar-refractivity contribution >= 4 is 22.5 Å². The highest BCUT2D eigenvalue weighted by Crippen LogP contribution is 2.29. The van der Waals surface area contributed by atoms with Crippen molar-refractivity contribution in [3.8, 4) is 16.9 Å². The molecular formula is C16H12ClNO2. The van der Waals surface area contributed by atoms with E-state index in [1.165, 1.54) is 0 Å². The maximum absolute atomic E-state index is 12.2. The molecule has 3 aromatic rings. The van der Waals surface area contributed by atoms with Crippen molar-refractivity contribution in [1.29, 1.82) is 0 Å². The molecule has 0 saturated carbocycles. The predicted molar refractivity (Wildman–Crippen MR) is 81.6 cm³/mol. The lowest BCUT2D eigenvalue weighted by atomic mass is 10.0. The lowest BCUT2D eigenvalue weighted by Gasteiger charge is -2.08. The lowest BCUT2D eigenvalue weighted by Crippen LogP contribution is -2.09. The Balaban J connectivity index is 2.30. The largest absolute Gasteiger partial charge is 0.496 e. The van der Waals surface area contributed by atoms with Crippen LogP contribution in [0.25, 0.3) is 22.0 Å². The molecule has 2 aromatic carbocycles. The van der Waals surface area contributed by atoms with Crippen LogP contribution in [0, 0.1) is 0 Å². The number of pyridine rings is 1. The van der Waals surface area contributed by atoms with Crippen LogP contribution in [-0.2, 0) is 0 Å². The zero-order valence-corrected chi connectivity index (χ0v) is 11.6. The molecule has 0 spiro atoms. The molecule has 100 valence electrons. The second-order valence-electron chi connectivity index (χ2n) is 4.44. The topological polar surface area (TPSA) is 42.1 Å². The summed E-state index contributed by atoms with van der Waals surface area (Å²) in [5, 5.41) is 1.52. The van der Waals surface area contributed by atoms with Gasteiger partial charge in [-0.25, -0.2) is 0 Å². The Morgan fingerprint density at radius 2 is 1.85 bits per heavy atom. The summed E-state index contributed by atoms with van der Waals surface area (Å²) in [6.07, 6.45) is 0. The maximum atomic E-state index is 12.2. The minimum atomic E-state index is -0.149. The normalized spacial score (nSPS) is 10.7. The van der Waals surface area contributed by atoms with Crippen LogP contribution in [0.1, 0.15) is 0 Å². The molecule has 0 fully saturated rings. The molecule has 0 aliphatic carbocycles. The van der Waals surface area contributed by atoms with Gasteiger partial charge in [0.05, 0.1) is 12.7 Å². The van der Waals surface area contributed by atoms with Gasteiger partial charge < -0.3 is 9.72 Å². The van der Waals surface area contributed by atoms with Gasteiger partial charge in [-0.1, -0.05) is 29.8 Å². The number of rotatable bonds is 2. The van der Waals surface area contributed by atoms with Gasteiger partial charge in [-0.2, -0.15) is 0 Å². The fourth-order valence-corrected chi connectivity index (χ4v) is 2.43. The Kier molecular flexibility index (Phi) is 3.20. The van der Waals surface area contributed by atoms with E-state index in [0.717, 1.165) is 16.5 Å².